The zero-order valence-electron chi connectivity index (χ0n) is 10.7. The molecule has 0 rings (SSSR count). The highest BCUT2D eigenvalue weighted by molar-refractivity contribution is 5.94. The third-order valence-corrected chi connectivity index (χ3v) is 2.42. The van der Waals surface area contributed by atoms with Crippen molar-refractivity contribution in [3.05, 3.63) is 24.3 Å². The summed E-state index contributed by atoms with van der Waals surface area (Å²) in [5.74, 6) is 0.623. The van der Waals surface area contributed by atoms with E-state index >= 15 is 0 Å². The molecule has 0 aliphatic rings. The molecule has 88 valence electrons. The quantitative estimate of drug-likeness (QED) is 0.362. The van der Waals surface area contributed by atoms with E-state index in [-0.39, 0.29) is 0 Å². The number of hydrogen-bond acceptors (Lipinski definition) is 2. The molecule has 0 saturated carbocycles. The fraction of sp³-hybridized carbons (Fsp3) is 0.571. The minimum Gasteiger partial charge on any atom is -0.290 e. The molecule has 0 heterocycles. The summed E-state index contributed by atoms with van der Waals surface area (Å²) in [4.78, 5) is 4.45. The number of hydrogen-bond donors (Lipinski definition) is 0. The monoisotopic (exact) mass is 218 g/mol. The highest BCUT2D eigenvalue weighted by Crippen LogP contribution is 2.08. The van der Waals surface area contributed by atoms with Crippen molar-refractivity contribution in [2.45, 2.75) is 40.0 Å². The van der Waals surface area contributed by atoms with Gasteiger partial charge in [0.1, 0.15) is 0 Å². The first-order chi connectivity index (χ1) is 7.63. The molecule has 2 heteroatoms. The number of nitriles is 1. The Kier molecular flexibility index (Phi) is 8.15. The summed E-state index contributed by atoms with van der Waals surface area (Å²) in [5.41, 5.74) is 1.47. The highest BCUT2D eigenvalue weighted by atomic mass is 14.7. The van der Waals surface area contributed by atoms with Crippen LogP contribution in [0.3, 0.4) is 0 Å². The van der Waals surface area contributed by atoms with Crippen molar-refractivity contribution in [2.24, 2.45) is 10.9 Å². The molecule has 0 radical (unpaired) electrons. The Hall–Kier alpha value is -1.36. The van der Waals surface area contributed by atoms with Crippen molar-refractivity contribution >= 4 is 5.71 Å². The molecule has 0 aliphatic carbocycles. The van der Waals surface area contributed by atoms with Crippen LogP contribution < -0.4 is 0 Å². The summed E-state index contributed by atoms with van der Waals surface area (Å²) in [5, 5.41) is 8.72. The van der Waals surface area contributed by atoms with E-state index in [0.717, 1.165) is 12.3 Å². The van der Waals surface area contributed by atoms with Crippen LogP contribution in [0.4, 0.5) is 0 Å². The van der Waals surface area contributed by atoms with Gasteiger partial charge < -0.3 is 0 Å². The van der Waals surface area contributed by atoms with Crippen LogP contribution in [0.1, 0.15) is 40.0 Å². The smallest absolute Gasteiger partial charge is 0.0992 e. The van der Waals surface area contributed by atoms with Gasteiger partial charge in [0.25, 0.3) is 0 Å². The predicted molar refractivity (Wildman–Crippen MR) is 70.6 cm³/mol. The third kappa shape index (κ3) is 7.00. The van der Waals surface area contributed by atoms with Crippen LogP contribution in [0.15, 0.2) is 29.3 Å². The lowest BCUT2D eigenvalue weighted by Crippen LogP contribution is -2.01. The summed E-state index contributed by atoms with van der Waals surface area (Å²) in [6.07, 6.45) is 7.06. The Bertz CT molecular complexity index is 305. The first-order valence-electron chi connectivity index (χ1n) is 5.89. The van der Waals surface area contributed by atoms with E-state index in [1.165, 1.54) is 19.3 Å². The lowest BCUT2D eigenvalue weighted by atomic mass is 10.0. The molecule has 0 saturated heterocycles. The number of allylic oxidation sites excluding steroid dienone is 3. The number of rotatable bonds is 7. The fourth-order valence-electron chi connectivity index (χ4n) is 1.35. The first kappa shape index (κ1) is 14.6. The molecule has 0 bridgehead atoms. The molecular weight excluding hydrogens is 196 g/mol. The van der Waals surface area contributed by atoms with Crippen LogP contribution in [-0.4, -0.2) is 12.3 Å². The van der Waals surface area contributed by atoms with Crippen LogP contribution in [0.2, 0.25) is 0 Å². The Morgan fingerprint density at radius 2 is 2.25 bits per heavy atom. The molecular formula is C14H22N2. The lowest BCUT2D eigenvalue weighted by Gasteiger charge is -2.07. The molecule has 1 unspecified atom stereocenters. The Balaban J connectivity index is 4.19. The van der Waals surface area contributed by atoms with Crippen molar-refractivity contribution in [2.75, 3.05) is 6.54 Å². The molecule has 0 aromatic carbocycles. The molecule has 0 fully saturated rings. The van der Waals surface area contributed by atoms with Gasteiger partial charge in [-0.2, -0.15) is 5.26 Å². The maximum atomic E-state index is 8.72. The van der Waals surface area contributed by atoms with E-state index in [1.807, 2.05) is 6.92 Å². The van der Waals surface area contributed by atoms with Crippen molar-refractivity contribution in [1.82, 2.24) is 0 Å². The van der Waals surface area contributed by atoms with Gasteiger partial charge in [-0.05, 0) is 25.3 Å². The average molecular weight is 218 g/mol. The Labute approximate surface area is 99.4 Å². The van der Waals surface area contributed by atoms with Crippen molar-refractivity contribution in [1.29, 1.82) is 5.26 Å². The minimum absolute atomic E-state index is 0.572. The van der Waals surface area contributed by atoms with Gasteiger partial charge in [-0.15, -0.1) is 0 Å². The highest BCUT2D eigenvalue weighted by Gasteiger charge is 1.99. The van der Waals surface area contributed by atoms with Gasteiger partial charge in [-0.3, -0.25) is 4.99 Å². The number of aliphatic imine (C=N–C) groups is 1. The molecule has 0 amide bonds. The SMILES string of the molecule is C=C/C(C#N)=C\C(C)=NCC(C)CCCC. The first-order valence-corrected chi connectivity index (χ1v) is 5.89. The lowest BCUT2D eigenvalue weighted by molar-refractivity contribution is 0.517. The van der Waals surface area contributed by atoms with Gasteiger partial charge in [-0.1, -0.05) is 39.3 Å². The van der Waals surface area contributed by atoms with E-state index in [2.05, 4.69) is 31.5 Å². The zero-order chi connectivity index (χ0) is 12.4. The van der Waals surface area contributed by atoms with E-state index in [1.54, 1.807) is 12.2 Å². The maximum Gasteiger partial charge on any atom is 0.0992 e. The molecule has 1 atom stereocenters. The Morgan fingerprint density at radius 1 is 1.56 bits per heavy atom. The molecule has 16 heavy (non-hydrogen) atoms. The second kappa shape index (κ2) is 8.91. The molecule has 0 N–H and O–H groups in total. The third-order valence-electron chi connectivity index (χ3n) is 2.42. The van der Waals surface area contributed by atoms with Gasteiger partial charge in [0.2, 0.25) is 0 Å². The number of nitrogens with zero attached hydrogens (tertiary/aromatic N) is 2. The van der Waals surface area contributed by atoms with E-state index in [9.17, 15) is 0 Å². The summed E-state index contributed by atoms with van der Waals surface area (Å²) < 4.78 is 0. The van der Waals surface area contributed by atoms with Crippen LogP contribution in [0.5, 0.6) is 0 Å². The molecule has 0 aromatic rings. The molecule has 0 aliphatic heterocycles. The molecule has 0 spiro atoms. The maximum absolute atomic E-state index is 8.72. The predicted octanol–water partition coefficient (Wildman–Crippen LogP) is 3.91. The van der Waals surface area contributed by atoms with Crippen LogP contribution in [0, 0.1) is 17.2 Å². The van der Waals surface area contributed by atoms with Crippen molar-refractivity contribution in [3.8, 4) is 6.07 Å². The van der Waals surface area contributed by atoms with E-state index < -0.39 is 0 Å². The van der Waals surface area contributed by atoms with Crippen LogP contribution in [0.25, 0.3) is 0 Å². The van der Waals surface area contributed by atoms with Crippen LogP contribution in [-0.2, 0) is 0 Å². The summed E-state index contributed by atoms with van der Waals surface area (Å²) in [6.45, 7) is 10.8. The van der Waals surface area contributed by atoms with Gasteiger partial charge in [0.15, 0.2) is 0 Å². The standard InChI is InChI=1S/C14H22N2/c1-5-7-8-12(3)11-16-13(4)9-14(6-2)10-15/h6,9,12H,2,5,7-8,11H2,1,3-4H3/b14-9+,16-13?. The van der Waals surface area contributed by atoms with E-state index in [0.29, 0.717) is 11.5 Å². The molecule has 0 aromatic heterocycles. The second-order valence-electron chi connectivity index (χ2n) is 4.15. The summed E-state index contributed by atoms with van der Waals surface area (Å²) >= 11 is 0. The summed E-state index contributed by atoms with van der Waals surface area (Å²) in [7, 11) is 0. The zero-order valence-corrected chi connectivity index (χ0v) is 10.7. The average Bonchev–Trinajstić information content (AvgIpc) is 2.30. The van der Waals surface area contributed by atoms with Gasteiger partial charge in [-0.25, -0.2) is 0 Å². The number of unbranched alkanes of at least 4 members (excludes halogenated alkanes) is 1. The van der Waals surface area contributed by atoms with E-state index in [4.69, 9.17) is 5.26 Å². The molecule has 2 nitrogen and oxygen atoms in total. The minimum atomic E-state index is 0.572. The largest absolute Gasteiger partial charge is 0.290 e. The van der Waals surface area contributed by atoms with Gasteiger partial charge >= 0.3 is 0 Å². The topological polar surface area (TPSA) is 36.1 Å². The normalized spacial score (nSPS) is 14.4. The van der Waals surface area contributed by atoms with Gasteiger partial charge in [0, 0.05) is 12.3 Å². The Morgan fingerprint density at radius 3 is 2.75 bits per heavy atom. The summed E-state index contributed by atoms with van der Waals surface area (Å²) in [6, 6.07) is 2.07. The second-order valence-corrected chi connectivity index (χ2v) is 4.15. The van der Waals surface area contributed by atoms with Crippen molar-refractivity contribution in [3.63, 3.8) is 0 Å². The van der Waals surface area contributed by atoms with Gasteiger partial charge in [0.05, 0.1) is 11.6 Å². The fourth-order valence-corrected chi connectivity index (χ4v) is 1.35. The van der Waals surface area contributed by atoms with Crippen LogP contribution >= 0.6 is 0 Å². The van der Waals surface area contributed by atoms with Crippen molar-refractivity contribution < 1.29 is 0 Å².